The molecule has 1 aromatic rings. The van der Waals surface area contributed by atoms with E-state index >= 15 is 0 Å². The van der Waals surface area contributed by atoms with Gasteiger partial charge in [0.05, 0.1) is 11.4 Å². The highest BCUT2D eigenvalue weighted by Gasteiger charge is 2.20. The maximum absolute atomic E-state index is 11.7. The van der Waals surface area contributed by atoms with E-state index in [1.165, 1.54) is 0 Å². The summed E-state index contributed by atoms with van der Waals surface area (Å²) in [6.45, 7) is 6.04. The van der Waals surface area contributed by atoms with Gasteiger partial charge in [0.2, 0.25) is 0 Å². The standard InChI is InChI=1S/C9H15BrN2O2S/c1-4-12-8(10)5-11-9(12)6-15(13,14)7(2)3/h5,7H,4,6H2,1-3H3. The lowest BCUT2D eigenvalue weighted by Crippen LogP contribution is -2.18. The van der Waals surface area contributed by atoms with Gasteiger partial charge in [0.15, 0.2) is 9.84 Å². The molecule has 0 amide bonds. The Kier molecular flexibility index (Phi) is 3.94. The predicted octanol–water partition coefficient (Wildman–Crippen LogP) is 1.99. The van der Waals surface area contributed by atoms with Crippen LogP contribution in [-0.2, 0) is 22.1 Å². The zero-order valence-corrected chi connectivity index (χ0v) is 11.5. The Morgan fingerprint density at radius 3 is 2.60 bits per heavy atom. The molecule has 0 aliphatic carbocycles. The molecule has 0 bridgehead atoms. The Morgan fingerprint density at radius 2 is 2.13 bits per heavy atom. The van der Waals surface area contributed by atoms with Gasteiger partial charge in [-0.25, -0.2) is 13.4 Å². The highest BCUT2D eigenvalue weighted by Crippen LogP contribution is 2.16. The number of aromatic nitrogens is 2. The first kappa shape index (κ1) is 12.7. The number of imidazole rings is 1. The topological polar surface area (TPSA) is 52.0 Å². The van der Waals surface area contributed by atoms with Crippen LogP contribution >= 0.6 is 15.9 Å². The van der Waals surface area contributed by atoms with E-state index in [0.29, 0.717) is 12.4 Å². The summed E-state index contributed by atoms with van der Waals surface area (Å²) in [6, 6.07) is 0. The number of nitrogens with zero attached hydrogens (tertiary/aromatic N) is 2. The van der Waals surface area contributed by atoms with E-state index in [1.54, 1.807) is 20.0 Å². The van der Waals surface area contributed by atoms with Crippen LogP contribution in [0.2, 0.25) is 0 Å². The lowest BCUT2D eigenvalue weighted by molar-refractivity contribution is 0.581. The molecule has 1 aromatic heterocycles. The summed E-state index contributed by atoms with van der Waals surface area (Å²) in [5.41, 5.74) is 0. The van der Waals surface area contributed by atoms with Gasteiger partial charge in [-0.05, 0) is 36.7 Å². The third-order valence-corrected chi connectivity index (χ3v) is 4.98. The normalized spacial score (nSPS) is 12.3. The molecule has 86 valence electrons. The van der Waals surface area contributed by atoms with Crippen molar-refractivity contribution in [3.05, 3.63) is 16.6 Å². The smallest absolute Gasteiger partial charge is 0.159 e. The average Bonchev–Trinajstić information content (AvgIpc) is 2.45. The van der Waals surface area contributed by atoms with Crippen LogP contribution in [0.3, 0.4) is 0 Å². The molecular weight excluding hydrogens is 280 g/mol. The zero-order chi connectivity index (χ0) is 11.6. The molecular formula is C9H15BrN2O2S. The minimum absolute atomic E-state index is 0.00407. The lowest BCUT2D eigenvalue weighted by atomic mass is 10.6. The van der Waals surface area contributed by atoms with Crippen molar-refractivity contribution < 1.29 is 8.42 Å². The summed E-state index contributed by atoms with van der Waals surface area (Å²) in [7, 11) is -3.07. The van der Waals surface area contributed by atoms with Gasteiger partial charge in [0.1, 0.15) is 16.2 Å². The monoisotopic (exact) mass is 294 g/mol. The minimum Gasteiger partial charge on any atom is -0.322 e. The lowest BCUT2D eigenvalue weighted by Gasteiger charge is -2.09. The van der Waals surface area contributed by atoms with Crippen molar-refractivity contribution in [2.75, 3.05) is 0 Å². The molecule has 0 saturated heterocycles. The molecule has 4 nitrogen and oxygen atoms in total. The van der Waals surface area contributed by atoms with E-state index in [2.05, 4.69) is 20.9 Å². The molecule has 6 heteroatoms. The molecule has 0 fully saturated rings. The molecule has 0 saturated carbocycles. The Morgan fingerprint density at radius 1 is 1.53 bits per heavy atom. The van der Waals surface area contributed by atoms with Gasteiger partial charge in [0.25, 0.3) is 0 Å². The third-order valence-electron chi connectivity index (χ3n) is 2.25. The highest BCUT2D eigenvalue weighted by atomic mass is 79.9. The molecule has 1 heterocycles. The maximum Gasteiger partial charge on any atom is 0.159 e. The Balaban J connectivity index is 3.00. The molecule has 0 atom stereocenters. The molecule has 0 aliphatic heterocycles. The van der Waals surface area contributed by atoms with Crippen LogP contribution < -0.4 is 0 Å². The van der Waals surface area contributed by atoms with Crippen LogP contribution in [0, 0.1) is 0 Å². The number of rotatable bonds is 4. The van der Waals surface area contributed by atoms with E-state index in [0.717, 1.165) is 4.60 Å². The van der Waals surface area contributed by atoms with E-state index in [9.17, 15) is 8.42 Å². The number of halogens is 1. The van der Waals surface area contributed by atoms with Gasteiger partial charge in [-0.2, -0.15) is 0 Å². The Labute approximate surface area is 98.8 Å². The zero-order valence-electron chi connectivity index (χ0n) is 9.07. The third kappa shape index (κ3) is 2.81. The maximum atomic E-state index is 11.7. The van der Waals surface area contributed by atoms with E-state index in [-0.39, 0.29) is 11.0 Å². The van der Waals surface area contributed by atoms with E-state index in [4.69, 9.17) is 0 Å². The first-order valence-electron chi connectivity index (χ1n) is 4.80. The Bertz CT molecular complexity index is 437. The molecule has 0 spiro atoms. The fourth-order valence-electron chi connectivity index (χ4n) is 1.19. The fraction of sp³-hybridized carbons (Fsp3) is 0.667. The van der Waals surface area contributed by atoms with Crippen LogP contribution in [0.25, 0.3) is 0 Å². The van der Waals surface area contributed by atoms with Gasteiger partial charge < -0.3 is 4.57 Å². The molecule has 0 aromatic carbocycles. The van der Waals surface area contributed by atoms with E-state index in [1.807, 2.05) is 11.5 Å². The molecule has 0 radical (unpaired) electrons. The number of hydrogen-bond acceptors (Lipinski definition) is 3. The van der Waals surface area contributed by atoms with Gasteiger partial charge >= 0.3 is 0 Å². The fourth-order valence-corrected chi connectivity index (χ4v) is 2.67. The van der Waals surface area contributed by atoms with Crippen molar-refractivity contribution in [2.45, 2.75) is 38.3 Å². The largest absolute Gasteiger partial charge is 0.322 e. The van der Waals surface area contributed by atoms with Crippen molar-refractivity contribution in [2.24, 2.45) is 0 Å². The van der Waals surface area contributed by atoms with Crippen LogP contribution in [0.5, 0.6) is 0 Å². The van der Waals surface area contributed by atoms with Gasteiger partial charge in [0, 0.05) is 6.54 Å². The summed E-state index contributed by atoms with van der Waals surface area (Å²) in [5.74, 6) is 0.600. The molecule has 0 unspecified atom stereocenters. The molecule has 1 rings (SSSR count). The summed E-state index contributed by atoms with van der Waals surface area (Å²) in [4.78, 5) is 4.09. The van der Waals surface area contributed by atoms with E-state index < -0.39 is 9.84 Å². The summed E-state index contributed by atoms with van der Waals surface area (Å²) < 4.78 is 26.1. The average molecular weight is 295 g/mol. The Hall–Kier alpha value is -0.360. The summed E-state index contributed by atoms with van der Waals surface area (Å²) in [5, 5.41) is -0.363. The van der Waals surface area contributed by atoms with Crippen molar-refractivity contribution in [3.8, 4) is 0 Å². The van der Waals surface area contributed by atoms with Crippen molar-refractivity contribution in [3.63, 3.8) is 0 Å². The van der Waals surface area contributed by atoms with Gasteiger partial charge in [-0.15, -0.1) is 0 Å². The summed E-state index contributed by atoms with van der Waals surface area (Å²) >= 11 is 3.33. The first-order chi connectivity index (χ1) is 6.88. The quantitative estimate of drug-likeness (QED) is 0.853. The van der Waals surface area contributed by atoms with Gasteiger partial charge in [-0.1, -0.05) is 0 Å². The molecule has 0 aliphatic rings. The van der Waals surface area contributed by atoms with Crippen LogP contribution in [0.15, 0.2) is 10.8 Å². The highest BCUT2D eigenvalue weighted by molar-refractivity contribution is 9.10. The SMILES string of the molecule is CCn1c(Br)cnc1CS(=O)(=O)C(C)C. The van der Waals surface area contributed by atoms with Gasteiger partial charge in [-0.3, -0.25) is 0 Å². The second kappa shape index (κ2) is 4.65. The van der Waals surface area contributed by atoms with Crippen LogP contribution in [0.1, 0.15) is 26.6 Å². The second-order valence-electron chi connectivity index (χ2n) is 3.60. The van der Waals surface area contributed by atoms with Crippen LogP contribution in [-0.4, -0.2) is 23.2 Å². The molecule has 0 N–H and O–H groups in total. The minimum atomic E-state index is -3.07. The van der Waals surface area contributed by atoms with Crippen molar-refractivity contribution in [1.29, 1.82) is 0 Å². The van der Waals surface area contributed by atoms with Crippen molar-refractivity contribution >= 4 is 25.8 Å². The van der Waals surface area contributed by atoms with Crippen molar-refractivity contribution in [1.82, 2.24) is 9.55 Å². The predicted molar refractivity (Wildman–Crippen MR) is 63.4 cm³/mol. The number of sulfone groups is 1. The molecule has 15 heavy (non-hydrogen) atoms. The van der Waals surface area contributed by atoms with Crippen LogP contribution in [0.4, 0.5) is 0 Å². The number of hydrogen-bond donors (Lipinski definition) is 0. The second-order valence-corrected chi connectivity index (χ2v) is 6.97. The summed E-state index contributed by atoms with van der Waals surface area (Å²) in [6.07, 6.45) is 1.63. The first-order valence-corrected chi connectivity index (χ1v) is 7.30.